The van der Waals surface area contributed by atoms with Crippen LogP contribution in [0.3, 0.4) is 0 Å². The molecule has 0 bridgehead atoms. The first-order valence-corrected chi connectivity index (χ1v) is 10.8. The highest BCUT2D eigenvalue weighted by molar-refractivity contribution is 7.89. The largest absolute Gasteiger partial charge is 0.312 e. The molecule has 3 rings (SSSR count). The van der Waals surface area contributed by atoms with Gasteiger partial charge in [-0.1, -0.05) is 47.5 Å². The summed E-state index contributed by atoms with van der Waals surface area (Å²) >= 11 is 5.99. The number of nitrogens with one attached hydrogen (secondary N) is 2. The predicted octanol–water partition coefficient (Wildman–Crippen LogP) is 3.86. The van der Waals surface area contributed by atoms with Crippen LogP contribution in [0.4, 0.5) is 0 Å². The van der Waals surface area contributed by atoms with Gasteiger partial charge in [0, 0.05) is 47.8 Å². The van der Waals surface area contributed by atoms with Crippen molar-refractivity contribution in [1.82, 2.24) is 15.0 Å². The van der Waals surface area contributed by atoms with Crippen LogP contribution in [0.5, 0.6) is 0 Å². The van der Waals surface area contributed by atoms with E-state index in [0.29, 0.717) is 30.0 Å². The smallest absolute Gasteiger partial charge is 0.241 e. The van der Waals surface area contributed by atoms with Gasteiger partial charge in [0.2, 0.25) is 10.0 Å². The zero-order chi connectivity index (χ0) is 20.0. The third-order valence-electron chi connectivity index (χ3n) is 4.19. The number of hydrogen-bond acceptors (Lipinski definition) is 4. The molecule has 0 aliphatic heterocycles. The topological polar surface area (TPSA) is 71.1 Å². The van der Waals surface area contributed by atoms with E-state index < -0.39 is 10.0 Å². The lowest BCUT2D eigenvalue weighted by molar-refractivity contribution is 0.579. The molecule has 28 heavy (non-hydrogen) atoms. The average Bonchev–Trinajstić information content (AvgIpc) is 2.67. The van der Waals surface area contributed by atoms with Crippen molar-refractivity contribution >= 4 is 38.5 Å². The molecule has 0 radical (unpaired) electrons. The number of hydrogen-bond donors (Lipinski definition) is 2. The van der Waals surface area contributed by atoms with Gasteiger partial charge in [0.25, 0.3) is 0 Å². The minimum absolute atomic E-state index is 0.268. The number of pyridine rings is 1. The number of nitrogens with zero attached hydrogens (tertiary/aromatic N) is 1. The zero-order valence-electron chi connectivity index (χ0n) is 15.5. The lowest BCUT2D eigenvalue weighted by atomic mass is 10.1. The highest BCUT2D eigenvalue weighted by Crippen LogP contribution is 2.21. The summed E-state index contributed by atoms with van der Waals surface area (Å²) < 4.78 is 27.9. The van der Waals surface area contributed by atoms with Crippen LogP contribution in [-0.2, 0) is 10.0 Å². The maximum absolute atomic E-state index is 12.6. The number of sulfonamides is 1. The molecule has 1 aromatic heterocycles. The van der Waals surface area contributed by atoms with Gasteiger partial charge < -0.3 is 5.32 Å². The minimum Gasteiger partial charge on any atom is -0.312 e. The lowest BCUT2D eigenvalue weighted by Crippen LogP contribution is -2.32. The van der Waals surface area contributed by atoms with Crippen molar-refractivity contribution in [2.45, 2.75) is 11.8 Å². The Bertz CT molecular complexity index is 1090. The summed E-state index contributed by atoms with van der Waals surface area (Å²) in [6.07, 6.45) is 5.30. The molecule has 0 unspecified atom stereocenters. The van der Waals surface area contributed by atoms with Crippen molar-refractivity contribution in [2.75, 3.05) is 19.6 Å². The van der Waals surface area contributed by atoms with Crippen molar-refractivity contribution in [2.24, 2.45) is 0 Å². The predicted molar refractivity (Wildman–Crippen MR) is 115 cm³/mol. The summed E-state index contributed by atoms with van der Waals surface area (Å²) in [5.41, 5.74) is 2.17. The summed E-state index contributed by atoms with van der Waals surface area (Å²) in [6, 6.07) is 14.5. The first-order chi connectivity index (χ1) is 13.5. The van der Waals surface area contributed by atoms with Crippen LogP contribution in [0.25, 0.3) is 16.8 Å². The Labute approximate surface area is 170 Å². The Morgan fingerprint density at radius 2 is 1.96 bits per heavy atom. The van der Waals surface area contributed by atoms with E-state index in [0.717, 1.165) is 16.5 Å². The quantitative estimate of drug-likeness (QED) is 0.548. The highest BCUT2D eigenvalue weighted by Gasteiger charge is 2.16. The molecule has 0 fully saturated rings. The van der Waals surface area contributed by atoms with Crippen LogP contribution in [0.2, 0.25) is 5.02 Å². The molecule has 2 N–H and O–H groups in total. The standard InChI is InChI=1S/C21H22ClN3O2S/c1-16(12-17-4-2-6-19(22)13-17)14-24-10-11-25-28(26,27)21-7-3-5-18-15-23-9-8-20(18)21/h2-9,12-13,15,24-25H,10-11,14H2,1H3. The van der Waals surface area contributed by atoms with Gasteiger partial charge in [0.15, 0.2) is 0 Å². The van der Waals surface area contributed by atoms with Gasteiger partial charge >= 0.3 is 0 Å². The van der Waals surface area contributed by atoms with Gasteiger partial charge in [-0.05, 0) is 36.8 Å². The molecule has 3 aromatic rings. The first-order valence-electron chi connectivity index (χ1n) is 8.91. The summed E-state index contributed by atoms with van der Waals surface area (Å²) in [5, 5.41) is 5.41. The van der Waals surface area contributed by atoms with E-state index in [-0.39, 0.29) is 4.90 Å². The van der Waals surface area contributed by atoms with Gasteiger partial charge in [0.05, 0.1) is 4.90 Å². The monoisotopic (exact) mass is 415 g/mol. The van der Waals surface area contributed by atoms with E-state index in [4.69, 9.17) is 11.6 Å². The minimum atomic E-state index is -3.59. The molecule has 0 aliphatic carbocycles. The van der Waals surface area contributed by atoms with Crippen molar-refractivity contribution in [3.05, 3.63) is 77.1 Å². The van der Waals surface area contributed by atoms with Crippen molar-refractivity contribution in [3.63, 3.8) is 0 Å². The third-order valence-corrected chi connectivity index (χ3v) is 5.94. The van der Waals surface area contributed by atoms with E-state index in [1.807, 2.05) is 43.3 Å². The number of rotatable bonds is 8. The Balaban J connectivity index is 1.53. The van der Waals surface area contributed by atoms with Crippen molar-refractivity contribution in [1.29, 1.82) is 0 Å². The highest BCUT2D eigenvalue weighted by atomic mass is 35.5. The van der Waals surface area contributed by atoms with Crippen molar-refractivity contribution in [3.8, 4) is 0 Å². The van der Waals surface area contributed by atoms with Crippen LogP contribution >= 0.6 is 11.6 Å². The molecule has 5 nitrogen and oxygen atoms in total. The molecule has 7 heteroatoms. The number of fused-ring (bicyclic) bond motifs is 1. The fourth-order valence-electron chi connectivity index (χ4n) is 2.90. The Morgan fingerprint density at radius 1 is 1.14 bits per heavy atom. The second-order valence-electron chi connectivity index (χ2n) is 6.47. The lowest BCUT2D eigenvalue weighted by Gasteiger charge is -2.10. The second-order valence-corrected chi connectivity index (χ2v) is 8.65. The van der Waals surface area contributed by atoms with E-state index >= 15 is 0 Å². The summed E-state index contributed by atoms with van der Waals surface area (Å²) in [7, 11) is -3.59. The summed E-state index contributed by atoms with van der Waals surface area (Å²) in [4.78, 5) is 4.30. The summed E-state index contributed by atoms with van der Waals surface area (Å²) in [6.45, 7) is 3.50. The zero-order valence-corrected chi connectivity index (χ0v) is 17.1. The van der Waals surface area contributed by atoms with Crippen LogP contribution in [0.1, 0.15) is 12.5 Å². The van der Waals surface area contributed by atoms with Crippen LogP contribution in [0.15, 0.2) is 71.4 Å². The molecule has 146 valence electrons. The fourth-order valence-corrected chi connectivity index (χ4v) is 4.35. The SMILES string of the molecule is CC(=Cc1cccc(Cl)c1)CNCCNS(=O)(=O)c1cccc2cnccc12. The average molecular weight is 416 g/mol. The van der Waals surface area contributed by atoms with E-state index in [1.54, 1.807) is 30.6 Å². The number of benzene rings is 2. The molecule has 0 amide bonds. The molecule has 0 aliphatic rings. The van der Waals surface area contributed by atoms with Gasteiger partial charge in [-0.25, -0.2) is 13.1 Å². The molecular weight excluding hydrogens is 394 g/mol. The van der Waals surface area contributed by atoms with E-state index in [9.17, 15) is 8.42 Å². The van der Waals surface area contributed by atoms with E-state index in [2.05, 4.69) is 15.0 Å². The number of aromatic nitrogens is 1. The van der Waals surface area contributed by atoms with Gasteiger partial charge in [-0.15, -0.1) is 0 Å². The Hall–Kier alpha value is -2.25. The normalized spacial score (nSPS) is 12.4. The second kappa shape index (κ2) is 9.30. The maximum Gasteiger partial charge on any atom is 0.241 e. The van der Waals surface area contributed by atoms with Crippen LogP contribution < -0.4 is 10.0 Å². The molecular formula is C21H22ClN3O2S. The van der Waals surface area contributed by atoms with Crippen LogP contribution in [0, 0.1) is 0 Å². The molecule has 0 saturated heterocycles. The molecule has 0 atom stereocenters. The van der Waals surface area contributed by atoms with Gasteiger partial charge in [-0.2, -0.15) is 0 Å². The molecule has 2 aromatic carbocycles. The maximum atomic E-state index is 12.6. The Morgan fingerprint density at radius 3 is 2.79 bits per heavy atom. The van der Waals surface area contributed by atoms with E-state index in [1.165, 1.54) is 0 Å². The molecule has 1 heterocycles. The Kier molecular flexibility index (Phi) is 6.80. The first kappa shape index (κ1) is 20.5. The molecule has 0 spiro atoms. The number of halogens is 1. The van der Waals surface area contributed by atoms with Crippen molar-refractivity contribution < 1.29 is 8.42 Å². The van der Waals surface area contributed by atoms with Gasteiger partial charge in [0.1, 0.15) is 0 Å². The van der Waals surface area contributed by atoms with Gasteiger partial charge in [-0.3, -0.25) is 4.98 Å². The summed E-state index contributed by atoms with van der Waals surface area (Å²) in [5.74, 6) is 0. The van der Waals surface area contributed by atoms with Crippen LogP contribution in [-0.4, -0.2) is 33.0 Å². The third kappa shape index (κ3) is 5.39. The fraction of sp³-hybridized carbons (Fsp3) is 0.190. The molecule has 0 saturated carbocycles.